The van der Waals surface area contributed by atoms with Crippen LogP contribution in [0.1, 0.15) is 37.0 Å². The van der Waals surface area contributed by atoms with Crippen LogP contribution in [-0.4, -0.2) is 22.5 Å². The number of benzene rings is 1. The van der Waals surface area contributed by atoms with Crippen LogP contribution in [0, 0.1) is 0 Å². The van der Waals surface area contributed by atoms with E-state index in [4.69, 9.17) is 5.73 Å². The highest BCUT2D eigenvalue weighted by Crippen LogP contribution is 2.21. The lowest BCUT2D eigenvalue weighted by molar-refractivity contribution is -0.144. The Morgan fingerprint density at radius 1 is 1.37 bits per heavy atom. The Morgan fingerprint density at radius 2 is 1.95 bits per heavy atom. The SMILES string of the molecule is CCC(CC)(NC(=O)c1ccc(Br)c(N)c1)C(=O)O. The zero-order valence-corrected chi connectivity index (χ0v) is 12.5. The molecule has 0 aliphatic carbocycles. The van der Waals surface area contributed by atoms with Gasteiger partial charge in [-0.1, -0.05) is 13.8 Å². The van der Waals surface area contributed by atoms with Gasteiger partial charge < -0.3 is 16.2 Å². The molecule has 0 saturated carbocycles. The molecule has 0 aliphatic rings. The number of rotatable bonds is 5. The lowest BCUT2D eigenvalue weighted by Crippen LogP contribution is -2.53. The molecule has 0 spiro atoms. The van der Waals surface area contributed by atoms with E-state index in [1.165, 1.54) is 6.07 Å². The molecule has 1 rings (SSSR count). The molecule has 1 aromatic carbocycles. The predicted octanol–water partition coefficient (Wildman–Crippen LogP) is 2.40. The van der Waals surface area contributed by atoms with Gasteiger partial charge in [-0.15, -0.1) is 0 Å². The van der Waals surface area contributed by atoms with Gasteiger partial charge in [0.25, 0.3) is 5.91 Å². The van der Waals surface area contributed by atoms with Crippen molar-refractivity contribution in [2.75, 3.05) is 5.73 Å². The van der Waals surface area contributed by atoms with E-state index in [0.717, 1.165) is 0 Å². The molecule has 4 N–H and O–H groups in total. The number of carbonyl (C=O) groups excluding carboxylic acids is 1. The summed E-state index contributed by atoms with van der Waals surface area (Å²) < 4.78 is 0.694. The second-order valence-corrected chi connectivity index (χ2v) is 5.14. The number of hydrogen-bond donors (Lipinski definition) is 3. The Bertz CT molecular complexity index is 499. The summed E-state index contributed by atoms with van der Waals surface area (Å²) in [6.45, 7) is 3.46. The van der Waals surface area contributed by atoms with Crippen LogP contribution in [0.5, 0.6) is 0 Å². The van der Waals surface area contributed by atoms with Crippen LogP contribution in [-0.2, 0) is 4.79 Å². The minimum Gasteiger partial charge on any atom is -0.480 e. The van der Waals surface area contributed by atoms with Crippen molar-refractivity contribution in [2.45, 2.75) is 32.2 Å². The third kappa shape index (κ3) is 3.26. The maximum Gasteiger partial charge on any atom is 0.329 e. The van der Waals surface area contributed by atoms with E-state index < -0.39 is 17.4 Å². The number of anilines is 1. The summed E-state index contributed by atoms with van der Waals surface area (Å²) in [4.78, 5) is 23.4. The van der Waals surface area contributed by atoms with Crippen LogP contribution in [0.2, 0.25) is 0 Å². The molecule has 0 fully saturated rings. The van der Waals surface area contributed by atoms with Crippen LogP contribution >= 0.6 is 15.9 Å². The van der Waals surface area contributed by atoms with Crippen molar-refractivity contribution < 1.29 is 14.7 Å². The molecule has 5 nitrogen and oxygen atoms in total. The molecule has 0 heterocycles. The van der Waals surface area contributed by atoms with Gasteiger partial charge in [0.2, 0.25) is 0 Å². The first-order valence-electron chi connectivity index (χ1n) is 5.97. The third-order valence-corrected chi connectivity index (χ3v) is 3.95. The predicted molar refractivity (Wildman–Crippen MR) is 77.0 cm³/mol. The van der Waals surface area contributed by atoms with Gasteiger partial charge in [-0.25, -0.2) is 4.79 Å². The van der Waals surface area contributed by atoms with E-state index in [1.54, 1.807) is 26.0 Å². The molecule has 104 valence electrons. The molecule has 0 aromatic heterocycles. The molecule has 0 radical (unpaired) electrons. The monoisotopic (exact) mass is 328 g/mol. The molecule has 0 atom stereocenters. The van der Waals surface area contributed by atoms with E-state index in [2.05, 4.69) is 21.2 Å². The molecule has 0 bridgehead atoms. The second-order valence-electron chi connectivity index (χ2n) is 4.28. The Kier molecular flexibility index (Phi) is 4.94. The lowest BCUT2D eigenvalue weighted by Gasteiger charge is -2.28. The largest absolute Gasteiger partial charge is 0.480 e. The van der Waals surface area contributed by atoms with Crippen molar-refractivity contribution >= 4 is 33.5 Å². The number of nitrogen functional groups attached to an aromatic ring is 1. The van der Waals surface area contributed by atoms with Crippen molar-refractivity contribution in [1.29, 1.82) is 0 Å². The Morgan fingerprint density at radius 3 is 2.37 bits per heavy atom. The first-order chi connectivity index (χ1) is 8.86. The van der Waals surface area contributed by atoms with Crippen molar-refractivity contribution in [1.82, 2.24) is 5.32 Å². The lowest BCUT2D eigenvalue weighted by atomic mass is 9.92. The molecule has 0 unspecified atom stereocenters. The molecule has 0 saturated heterocycles. The van der Waals surface area contributed by atoms with Gasteiger partial charge in [-0.3, -0.25) is 4.79 Å². The Balaban J connectivity index is 3.00. The van der Waals surface area contributed by atoms with Crippen molar-refractivity contribution in [3.05, 3.63) is 28.2 Å². The fourth-order valence-electron chi connectivity index (χ4n) is 1.76. The Hall–Kier alpha value is -1.56. The number of amides is 1. The highest BCUT2D eigenvalue weighted by molar-refractivity contribution is 9.10. The number of carboxylic acid groups (broad SMARTS) is 1. The van der Waals surface area contributed by atoms with Gasteiger partial charge in [0.05, 0.1) is 0 Å². The van der Waals surface area contributed by atoms with E-state index >= 15 is 0 Å². The fraction of sp³-hybridized carbons (Fsp3) is 0.385. The smallest absolute Gasteiger partial charge is 0.329 e. The minimum absolute atomic E-state index is 0.316. The van der Waals surface area contributed by atoms with Crippen molar-refractivity contribution in [3.8, 4) is 0 Å². The summed E-state index contributed by atoms with van der Waals surface area (Å²) in [5.74, 6) is -1.47. The number of halogens is 1. The van der Waals surface area contributed by atoms with Gasteiger partial charge in [0.15, 0.2) is 0 Å². The van der Waals surface area contributed by atoms with Crippen LogP contribution in [0.3, 0.4) is 0 Å². The van der Waals surface area contributed by atoms with Gasteiger partial charge >= 0.3 is 5.97 Å². The zero-order valence-electron chi connectivity index (χ0n) is 10.9. The first kappa shape index (κ1) is 15.5. The van der Waals surface area contributed by atoms with E-state index in [0.29, 0.717) is 28.6 Å². The topological polar surface area (TPSA) is 92.4 Å². The Labute approximate surface area is 120 Å². The van der Waals surface area contributed by atoms with Crippen LogP contribution in [0.4, 0.5) is 5.69 Å². The molecular weight excluding hydrogens is 312 g/mol. The summed E-state index contributed by atoms with van der Waals surface area (Å²) in [5.41, 5.74) is 5.24. The minimum atomic E-state index is -1.24. The van der Waals surface area contributed by atoms with Gasteiger partial charge in [-0.05, 0) is 47.0 Å². The van der Waals surface area contributed by atoms with Crippen LogP contribution in [0.15, 0.2) is 22.7 Å². The average molecular weight is 329 g/mol. The number of nitrogens with two attached hydrogens (primary N) is 1. The summed E-state index contributed by atoms with van der Waals surface area (Å²) in [6, 6.07) is 4.76. The third-order valence-electron chi connectivity index (χ3n) is 3.23. The highest BCUT2D eigenvalue weighted by atomic mass is 79.9. The standard InChI is InChI=1S/C13H17BrN2O3/c1-3-13(4-2,12(18)19)16-11(17)8-5-6-9(14)10(15)7-8/h5-7H,3-4,15H2,1-2H3,(H,16,17)(H,18,19). The van der Waals surface area contributed by atoms with Crippen LogP contribution in [0.25, 0.3) is 0 Å². The van der Waals surface area contributed by atoms with Gasteiger partial charge in [-0.2, -0.15) is 0 Å². The average Bonchev–Trinajstić information content (AvgIpc) is 2.38. The second kappa shape index (κ2) is 6.06. The van der Waals surface area contributed by atoms with E-state index in [1.807, 2.05) is 0 Å². The number of aliphatic carboxylic acids is 1. The van der Waals surface area contributed by atoms with E-state index in [-0.39, 0.29) is 0 Å². The molecule has 0 aliphatic heterocycles. The van der Waals surface area contributed by atoms with Gasteiger partial charge in [0.1, 0.15) is 5.54 Å². The van der Waals surface area contributed by atoms with Crippen molar-refractivity contribution in [3.63, 3.8) is 0 Å². The van der Waals surface area contributed by atoms with Gasteiger partial charge in [0, 0.05) is 15.7 Å². The highest BCUT2D eigenvalue weighted by Gasteiger charge is 2.36. The summed E-state index contributed by atoms with van der Waals surface area (Å²) in [5, 5.41) is 11.9. The molecule has 1 aromatic rings. The normalized spacial score (nSPS) is 11.1. The maximum atomic E-state index is 12.1. The number of carboxylic acids is 1. The summed E-state index contributed by atoms with van der Waals surface area (Å²) >= 11 is 3.24. The van der Waals surface area contributed by atoms with Crippen molar-refractivity contribution in [2.24, 2.45) is 0 Å². The molecule has 19 heavy (non-hydrogen) atoms. The molecule has 6 heteroatoms. The first-order valence-corrected chi connectivity index (χ1v) is 6.76. The number of carbonyl (C=O) groups is 2. The quantitative estimate of drug-likeness (QED) is 0.723. The number of nitrogens with one attached hydrogen (secondary N) is 1. The summed E-state index contributed by atoms with van der Waals surface area (Å²) in [6.07, 6.45) is 0.632. The molecular formula is C13H17BrN2O3. The fourth-order valence-corrected chi connectivity index (χ4v) is 2.00. The zero-order chi connectivity index (χ0) is 14.6. The van der Waals surface area contributed by atoms with Crippen LogP contribution < -0.4 is 11.1 Å². The van der Waals surface area contributed by atoms with E-state index in [9.17, 15) is 14.7 Å². The maximum absolute atomic E-state index is 12.1. The molecule has 1 amide bonds. The summed E-state index contributed by atoms with van der Waals surface area (Å²) in [7, 11) is 0. The number of hydrogen-bond acceptors (Lipinski definition) is 3.